The summed E-state index contributed by atoms with van der Waals surface area (Å²) in [5.41, 5.74) is 1.68. The van der Waals surface area contributed by atoms with Gasteiger partial charge in [0, 0.05) is 30.6 Å². The van der Waals surface area contributed by atoms with Crippen LogP contribution < -0.4 is 5.32 Å². The molecule has 4 heteroatoms. The van der Waals surface area contributed by atoms with Crippen molar-refractivity contribution in [3.8, 4) is 0 Å². The molecular weight excluding hydrogens is 207 g/mol. The van der Waals surface area contributed by atoms with Crippen LogP contribution in [0.3, 0.4) is 0 Å². The fourth-order valence-electron chi connectivity index (χ4n) is 1.78. The Morgan fingerprint density at radius 2 is 2.31 bits per heavy atom. The third-order valence-corrected chi connectivity index (χ3v) is 2.50. The van der Waals surface area contributed by atoms with Crippen LogP contribution in [0, 0.1) is 5.82 Å². The number of fused-ring (bicyclic) bond motifs is 1. The number of hydrogen-bond donors (Lipinski definition) is 2. The lowest BCUT2D eigenvalue weighted by molar-refractivity contribution is -0.118. The van der Waals surface area contributed by atoms with Crippen molar-refractivity contribution in [3.63, 3.8) is 0 Å². The Morgan fingerprint density at radius 1 is 1.50 bits per heavy atom. The van der Waals surface area contributed by atoms with Crippen molar-refractivity contribution >= 4 is 16.8 Å². The van der Waals surface area contributed by atoms with Crippen LogP contribution in [0.4, 0.5) is 4.39 Å². The summed E-state index contributed by atoms with van der Waals surface area (Å²) in [4.78, 5) is 13.7. The van der Waals surface area contributed by atoms with E-state index in [2.05, 4.69) is 10.3 Å². The summed E-state index contributed by atoms with van der Waals surface area (Å²) in [6, 6.07) is 4.95. The molecule has 1 heterocycles. The smallest absolute Gasteiger partial charge is 0.216 e. The lowest BCUT2D eigenvalue weighted by Gasteiger charge is -2.01. The van der Waals surface area contributed by atoms with Gasteiger partial charge >= 0.3 is 0 Å². The van der Waals surface area contributed by atoms with Gasteiger partial charge in [0.1, 0.15) is 5.82 Å². The molecule has 0 fully saturated rings. The zero-order valence-electron chi connectivity index (χ0n) is 9.01. The van der Waals surface area contributed by atoms with Gasteiger partial charge in [0.2, 0.25) is 5.91 Å². The number of halogens is 1. The molecule has 1 aromatic heterocycles. The van der Waals surface area contributed by atoms with Crippen LogP contribution in [-0.2, 0) is 11.2 Å². The number of amides is 1. The van der Waals surface area contributed by atoms with Crippen molar-refractivity contribution in [2.24, 2.45) is 0 Å². The van der Waals surface area contributed by atoms with Gasteiger partial charge < -0.3 is 10.3 Å². The highest BCUT2D eigenvalue weighted by Crippen LogP contribution is 2.21. The molecule has 0 saturated heterocycles. The highest BCUT2D eigenvalue weighted by Gasteiger charge is 2.07. The molecule has 0 radical (unpaired) electrons. The third-order valence-electron chi connectivity index (χ3n) is 2.50. The number of H-pyrrole nitrogens is 1. The van der Waals surface area contributed by atoms with Gasteiger partial charge in [-0.3, -0.25) is 4.79 Å². The normalized spacial score (nSPS) is 10.6. The Bertz CT molecular complexity index is 519. The van der Waals surface area contributed by atoms with E-state index in [0.29, 0.717) is 18.4 Å². The minimum atomic E-state index is -0.225. The molecule has 0 bridgehead atoms. The topological polar surface area (TPSA) is 44.9 Å². The molecule has 1 aromatic carbocycles. The first-order valence-corrected chi connectivity index (χ1v) is 5.17. The highest BCUT2D eigenvalue weighted by molar-refractivity contribution is 5.83. The Morgan fingerprint density at radius 3 is 3.06 bits per heavy atom. The number of aromatic nitrogens is 1. The van der Waals surface area contributed by atoms with E-state index in [0.717, 1.165) is 11.1 Å². The van der Waals surface area contributed by atoms with Crippen molar-refractivity contribution in [2.75, 3.05) is 6.54 Å². The molecular formula is C12H13FN2O. The Hall–Kier alpha value is -1.84. The number of carbonyl (C=O) groups excluding carboxylic acids is 1. The number of benzene rings is 1. The van der Waals surface area contributed by atoms with E-state index in [1.54, 1.807) is 12.3 Å². The molecule has 0 atom stereocenters. The number of nitrogens with one attached hydrogen (secondary N) is 2. The van der Waals surface area contributed by atoms with Gasteiger partial charge in [-0.2, -0.15) is 0 Å². The average Bonchev–Trinajstić information content (AvgIpc) is 2.62. The molecule has 2 N–H and O–H groups in total. The van der Waals surface area contributed by atoms with Gasteiger partial charge in [0.25, 0.3) is 0 Å². The zero-order valence-corrected chi connectivity index (χ0v) is 9.01. The summed E-state index contributed by atoms with van der Waals surface area (Å²) < 4.78 is 13.6. The molecule has 0 aliphatic carbocycles. The van der Waals surface area contributed by atoms with Crippen LogP contribution in [0.15, 0.2) is 24.4 Å². The number of rotatable bonds is 3. The maximum atomic E-state index is 13.6. The van der Waals surface area contributed by atoms with E-state index in [9.17, 15) is 9.18 Å². The summed E-state index contributed by atoms with van der Waals surface area (Å²) in [6.45, 7) is 1.99. The van der Waals surface area contributed by atoms with Crippen LogP contribution in [0.2, 0.25) is 0 Å². The van der Waals surface area contributed by atoms with Gasteiger partial charge in [-0.15, -0.1) is 0 Å². The van der Waals surface area contributed by atoms with Gasteiger partial charge in [-0.1, -0.05) is 6.07 Å². The first-order valence-electron chi connectivity index (χ1n) is 5.17. The summed E-state index contributed by atoms with van der Waals surface area (Å²) in [5, 5.41) is 3.31. The third kappa shape index (κ3) is 2.05. The SMILES string of the molecule is CC(=O)NCCc1c[nH]c2cccc(F)c12. The molecule has 16 heavy (non-hydrogen) atoms. The molecule has 0 unspecified atom stereocenters. The van der Waals surface area contributed by atoms with E-state index in [1.807, 2.05) is 6.07 Å². The molecule has 0 aliphatic rings. The highest BCUT2D eigenvalue weighted by atomic mass is 19.1. The van der Waals surface area contributed by atoms with Crippen molar-refractivity contribution in [2.45, 2.75) is 13.3 Å². The van der Waals surface area contributed by atoms with Crippen molar-refractivity contribution in [1.29, 1.82) is 0 Å². The van der Waals surface area contributed by atoms with Crippen molar-refractivity contribution in [1.82, 2.24) is 10.3 Å². The van der Waals surface area contributed by atoms with E-state index in [1.165, 1.54) is 13.0 Å². The van der Waals surface area contributed by atoms with Gasteiger partial charge in [-0.25, -0.2) is 4.39 Å². The molecule has 0 aliphatic heterocycles. The summed E-state index contributed by atoms with van der Waals surface area (Å²) in [7, 11) is 0. The van der Waals surface area contributed by atoms with Crippen LogP contribution >= 0.6 is 0 Å². The quantitative estimate of drug-likeness (QED) is 0.816. The Balaban J connectivity index is 2.21. The summed E-state index contributed by atoms with van der Waals surface area (Å²) >= 11 is 0. The summed E-state index contributed by atoms with van der Waals surface area (Å²) in [6.07, 6.45) is 2.41. The maximum Gasteiger partial charge on any atom is 0.216 e. The van der Waals surface area contributed by atoms with Gasteiger partial charge in [0.05, 0.1) is 0 Å². The monoisotopic (exact) mass is 220 g/mol. The second-order valence-corrected chi connectivity index (χ2v) is 3.71. The zero-order chi connectivity index (χ0) is 11.5. The molecule has 84 valence electrons. The maximum absolute atomic E-state index is 13.6. The van der Waals surface area contributed by atoms with E-state index < -0.39 is 0 Å². The Labute approximate surface area is 92.7 Å². The van der Waals surface area contributed by atoms with Gasteiger partial charge in [-0.05, 0) is 24.1 Å². The second-order valence-electron chi connectivity index (χ2n) is 3.71. The van der Waals surface area contributed by atoms with Crippen LogP contribution in [0.5, 0.6) is 0 Å². The van der Waals surface area contributed by atoms with E-state index in [-0.39, 0.29) is 11.7 Å². The number of carbonyl (C=O) groups is 1. The van der Waals surface area contributed by atoms with Crippen molar-refractivity contribution < 1.29 is 9.18 Å². The van der Waals surface area contributed by atoms with Crippen LogP contribution in [0.1, 0.15) is 12.5 Å². The molecule has 2 rings (SSSR count). The second kappa shape index (κ2) is 4.35. The molecule has 3 nitrogen and oxygen atoms in total. The van der Waals surface area contributed by atoms with Crippen LogP contribution in [-0.4, -0.2) is 17.4 Å². The summed E-state index contributed by atoms with van der Waals surface area (Å²) in [5.74, 6) is -0.295. The van der Waals surface area contributed by atoms with Crippen LogP contribution in [0.25, 0.3) is 10.9 Å². The Kier molecular flexibility index (Phi) is 2.90. The predicted molar refractivity (Wildman–Crippen MR) is 60.6 cm³/mol. The lowest BCUT2D eigenvalue weighted by Crippen LogP contribution is -2.22. The average molecular weight is 220 g/mol. The minimum Gasteiger partial charge on any atom is -0.361 e. The van der Waals surface area contributed by atoms with E-state index in [4.69, 9.17) is 0 Å². The fraction of sp³-hybridized carbons (Fsp3) is 0.250. The lowest BCUT2D eigenvalue weighted by atomic mass is 10.1. The molecule has 1 amide bonds. The molecule has 0 saturated carbocycles. The van der Waals surface area contributed by atoms with Crippen molar-refractivity contribution in [3.05, 3.63) is 35.8 Å². The fourth-order valence-corrected chi connectivity index (χ4v) is 1.78. The van der Waals surface area contributed by atoms with E-state index >= 15 is 0 Å². The molecule has 2 aromatic rings. The number of aromatic amines is 1. The van der Waals surface area contributed by atoms with Gasteiger partial charge in [0.15, 0.2) is 0 Å². The molecule has 0 spiro atoms. The predicted octanol–water partition coefficient (Wildman–Crippen LogP) is 1.99. The minimum absolute atomic E-state index is 0.0692. The first-order chi connectivity index (χ1) is 7.68. The standard InChI is InChI=1S/C12H13FN2O/c1-8(16)14-6-5-9-7-15-11-4-2-3-10(13)12(9)11/h2-4,7,15H,5-6H2,1H3,(H,14,16). The number of hydrogen-bond acceptors (Lipinski definition) is 1. The largest absolute Gasteiger partial charge is 0.361 e. The first kappa shape index (κ1) is 10.7.